The minimum absolute atomic E-state index is 1.04. The van der Waals surface area contributed by atoms with Crippen molar-refractivity contribution in [3.05, 3.63) is 150 Å². The highest BCUT2D eigenvalue weighted by atomic mass is 32.1. The summed E-state index contributed by atoms with van der Waals surface area (Å²) in [5.74, 6) is 0. The fourth-order valence-corrected chi connectivity index (χ4v) is 6.75. The van der Waals surface area contributed by atoms with Crippen molar-refractivity contribution in [2.75, 3.05) is 0 Å². The highest BCUT2D eigenvalue weighted by molar-refractivity contribution is 7.25. The average molecular weight is 500 g/mol. The van der Waals surface area contributed by atoms with Gasteiger partial charge >= 0.3 is 0 Å². The highest BCUT2D eigenvalue weighted by Gasteiger charge is 2.13. The van der Waals surface area contributed by atoms with E-state index in [1.165, 1.54) is 47.5 Å². The molecule has 38 heavy (non-hydrogen) atoms. The van der Waals surface area contributed by atoms with Gasteiger partial charge in [-0.2, -0.15) is 0 Å². The van der Waals surface area contributed by atoms with Crippen molar-refractivity contribution < 1.29 is 0 Å². The summed E-state index contributed by atoms with van der Waals surface area (Å²) in [6, 6.07) is 41.4. The molecular weight excluding hydrogens is 478 g/mol. The van der Waals surface area contributed by atoms with Gasteiger partial charge in [-0.3, -0.25) is 0 Å². The molecule has 7 aromatic rings. The molecule has 2 heterocycles. The van der Waals surface area contributed by atoms with Gasteiger partial charge in [-0.25, -0.2) is 0 Å². The third-order valence-electron chi connectivity index (χ3n) is 7.44. The van der Waals surface area contributed by atoms with Crippen molar-refractivity contribution in [1.29, 1.82) is 0 Å². The molecule has 5 aromatic carbocycles. The molecule has 0 bridgehead atoms. The van der Waals surface area contributed by atoms with Crippen molar-refractivity contribution in [3.63, 3.8) is 0 Å². The van der Waals surface area contributed by atoms with Crippen LogP contribution < -0.4 is 0 Å². The molecule has 8 rings (SSSR count). The summed E-state index contributed by atoms with van der Waals surface area (Å²) in [5, 5.41) is 5.17. The van der Waals surface area contributed by atoms with Gasteiger partial charge in [-0.15, -0.1) is 11.3 Å². The number of para-hydroxylation sites is 2. The first-order chi connectivity index (χ1) is 18.8. The standard InChI is InChI=1S/C36H21NS/c1-4-16-33-29(13-1)30-14-2-5-17-34(30)37(33)28-12-8-11-26(22-28)24-9-7-10-25(21-24)27-19-20-36-32(23-27)31-15-3-6-18-35(31)38-36/h1-6,8,10-23H. The fourth-order valence-electron chi connectivity index (χ4n) is 5.67. The number of benzene rings is 5. The zero-order valence-electron chi connectivity index (χ0n) is 20.5. The molecule has 0 spiro atoms. The van der Waals surface area contributed by atoms with Gasteiger partial charge in [0.2, 0.25) is 0 Å². The average Bonchev–Trinajstić information content (AvgIpc) is 3.53. The van der Waals surface area contributed by atoms with Crippen molar-refractivity contribution in [1.82, 2.24) is 4.57 Å². The van der Waals surface area contributed by atoms with Crippen molar-refractivity contribution in [2.45, 2.75) is 0 Å². The Morgan fingerprint density at radius 2 is 1.26 bits per heavy atom. The Morgan fingerprint density at radius 1 is 0.553 bits per heavy atom. The molecule has 0 fully saturated rings. The number of hydrogen-bond acceptors (Lipinski definition) is 1. The second kappa shape index (κ2) is 8.35. The molecule has 2 heteroatoms. The molecule has 0 amide bonds. The summed E-state index contributed by atoms with van der Waals surface area (Å²) in [5.41, 5.74) is 14.8. The van der Waals surface area contributed by atoms with E-state index in [-0.39, 0.29) is 0 Å². The van der Waals surface area contributed by atoms with Crippen LogP contribution in [-0.4, -0.2) is 4.57 Å². The van der Waals surface area contributed by atoms with E-state index in [0.29, 0.717) is 0 Å². The first-order valence-corrected chi connectivity index (χ1v) is 13.6. The maximum Gasteiger partial charge on any atom is 0.0541 e. The second-order valence-electron chi connectivity index (χ2n) is 9.66. The minimum atomic E-state index is 1.04. The molecule has 1 aliphatic carbocycles. The summed E-state index contributed by atoms with van der Waals surface area (Å²) >= 11 is 1.85. The number of rotatable bonds is 3. The summed E-state index contributed by atoms with van der Waals surface area (Å²) in [6.07, 6.45) is 4.27. The van der Waals surface area contributed by atoms with Crippen molar-refractivity contribution in [3.8, 4) is 5.69 Å². The predicted octanol–water partition coefficient (Wildman–Crippen LogP) is 9.94. The SMILES string of the molecule is C1=C=C(c2cccc(-n3c4ccccc4c4ccccc43)c2)C=C(c2ccc3sc4ccccc4c3c2)C=1. The van der Waals surface area contributed by atoms with Crippen molar-refractivity contribution in [2.24, 2.45) is 0 Å². The van der Waals surface area contributed by atoms with Crippen LogP contribution in [0.4, 0.5) is 0 Å². The lowest BCUT2D eigenvalue weighted by Crippen LogP contribution is -1.95. The van der Waals surface area contributed by atoms with Gasteiger partial charge in [-0.1, -0.05) is 84.3 Å². The number of nitrogens with zero attached hydrogens (tertiary/aromatic N) is 1. The first kappa shape index (κ1) is 21.3. The van der Waals surface area contributed by atoms with Gasteiger partial charge in [0.1, 0.15) is 0 Å². The number of hydrogen-bond donors (Lipinski definition) is 0. The van der Waals surface area contributed by atoms with Crippen LogP contribution >= 0.6 is 11.3 Å². The third kappa shape index (κ3) is 3.27. The van der Waals surface area contributed by atoms with Crippen LogP contribution in [0.1, 0.15) is 11.1 Å². The molecule has 176 valence electrons. The van der Waals surface area contributed by atoms with Crippen LogP contribution in [-0.2, 0) is 0 Å². The summed E-state index contributed by atoms with van der Waals surface area (Å²) in [4.78, 5) is 0. The Kier molecular flexibility index (Phi) is 4.67. The van der Waals surface area contributed by atoms with E-state index >= 15 is 0 Å². The quantitative estimate of drug-likeness (QED) is 0.213. The Morgan fingerprint density at radius 3 is 2.08 bits per heavy atom. The number of fused-ring (bicyclic) bond motifs is 6. The molecule has 0 saturated heterocycles. The van der Waals surface area contributed by atoms with Gasteiger partial charge in [-0.05, 0) is 71.3 Å². The molecule has 2 aromatic heterocycles. The van der Waals surface area contributed by atoms with Gasteiger partial charge < -0.3 is 4.57 Å². The van der Waals surface area contributed by atoms with E-state index < -0.39 is 0 Å². The number of thiophene rings is 1. The first-order valence-electron chi connectivity index (χ1n) is 12.8. The Balaban J connectivity index is 1.24. The maximum atomic E-state index is 3.37. The summed E-state index contributed by atoms with van der Waals surface area (Å²) in [6.45, 7) is 0. The van der Waals surface area contributed by atoms with Gasteiger partial charge in [0.05, 0.1) is 11.0 Å². The highest BCUT2D eigenvalue weighted by Crippen LogP contribution is 2.37. The van der Waals surface area contributed by atoms with Crippen LogP contribution in [0.25, 0.3) is 58.8 Å². The predicted molar refractivity (Wildman–Crippen MR) is 163 cm³/mol. The van der Waals surface area contributed by atoms with Crippen LogP contribution in [0, 0.1) is 0 Å². The molecule has 0 unspecified atom stereocenters. The molecule has 0 saturated carbocycles. The van der Waals surface area contributed by atoms with Gasteiger partial charge in [0.25, 0.3) is 0 Å². The molecule has 0 radical (unpaired) electrons. The monoisotopic (exact) mass is 499 g/mol. The van der Waals surface area contributed by atoms with Gasteiger partial charge in [0.15, 0.2) is 0 Å². The fraction of sp³-hybridized carbons (Fsp3) is 0. The van der Waals surface area contributed by atoms with E-state index in [0.717, 1.165) is 22.4 Å². The lowest BCUT2D eigenvalue weighted by atomic mass is 9.96. The lowest BCUT2D eigenvalue weighted by Gasteiger charge is -2.11. The Labute approximate surface area is 224 Å². The van der Waals surface area contributed by atoms with E-state index in [9.17, 15) is 0 Å². The second-order valence-corrected chi connectivity index (χ2v) is 10.7. The largest absolute Gasteiger partial charge is 0.309 e. The molecular formula is C36H21NS. The zero-order valence-corrected chi connectivity index (χ0v) is 21.3. The maximum absolute atomic E-state index is 3.37. The minimum Gasteiger partial charge on any atom is -0.309 e. The van der Waals surface area contributed by atoms with Gasteiger partial charge in [0, 0.05) is 42.2 Å². The van der Waals surface area contributed by atoms with Crippen LogP contribution in [0.15, 0.2) is 139 Å². The Hall–Kier alpha value is -4.84. The molecule has 0 aliphatic heterocycles. The zero-order chi connectivity index (χ0) is 25.1. The summed E-state index contributed by atoms with van der Waals surface area (Å²) in [7, 11) is 0. The molecule has 1 nitrogen and oxygen atoms in total. The smallest absolute Gasteiger partial charge is 0.0541 e. The number of allylic oxidation sites excluding steroid dienone is 4. The topological polar surface area (TPSA) is 4.93 Å². The van der Waals surface area contributed by atoms with Crippen LogP contribution in [0.2, 0.25) is 0 Å². The molecule has 0 atom stereocenters. The van der Waals surface area contributed by atoms with Crippen molar-refractivity contribution >= 4 is 64.5 Å². The normalized spacial score (nSPS) is 13.1. The van der Waals surface area contributed by atoms with E-state index in [1.807, 2.05) is 17.4 Å². The lowest BCUT2D eigenvalue weighted by molar-refractivity contribution is 1.18. The summed E-state index contributed by atoms with van der Waals surface area (Å²) < 4.78 is 5.01. The van der Waals surface area contributed by atoms with E-state index in [4.69, 9.17) is 0 Å². The number of aromatic nitrogens is 1. The molecule has 0 N–H and O–H groups in total. The van der Waals surface area contributed by atoms with E-state index in [2.05, 4.69) is 137 Å². The van der Waals surface area contributed by atoms with Crippen LogP contribution in [0.5, 0.6) is 0 Å². The van der Waals surface area contributed by atoms with E-state index in [1.54, 1.807) is 0 Å². The van der Waals surface area contributed by atoms with Crippen LogP contribution in [0.3, 0.4) is 0 Å². The molecule has 1 aliphatic rings. The Bertz CT molecular complexity index is 2150. The third-order valence-corrected chi connectivity index (χ3v) is 8.59.